The molecule has 0 saturated heterocycles. The predicted molar refractivity (Wildman–Crippen MR) is 79.3 cm³/mol. The predicted octanol–water partition coefficient (Wildman–Crippen LogP) is 3.22. The molecule has 2 rings (SSSR count). The topological polar surface area (TPSA) is 61.5 Å². The van der Waals surface area contributed by atoms with Crippen LogP contribution in [0, 0.1) is 0 Å². The molecule has 0 unspecified atom stereocenters. The Morgan fingerprint density at radius 1 is 1.15 bits per heavy atom. The first kappa shape index (κ1) is 14.3. The number of ether oxygens (including phenoxy) is 2. The molecule has 0 fully saturated rings. The molecule has 0 aliphatic heterocycles. The molecule has 0 aliphatic carbocycles. The maximum atomic E-state index is 11.5. The van der Waals surface area contributed by atoms with Gasteiger partial charge < -0.3 is 15.2 Å². The quantitative estimate of drug-likeness (QED) is 0.691. The lowest BCUT2D eigenvalue weighted by Gasteiger charge is -2.08. The van der Waals surface area contributed by atoms with Gasteiger partial charge in [0.05, 0.1) is 19.8 Å². The lowest BCUT2D eigenvalue weighted by molar-refractivity contribution is 0.0600. The van der Waals surface area contributed by atoms with Crippen LogP contribution in [-0.2, 0) is 4.74 Å². The van der Waals surface area contributed by atoms with Gasteiger partial charge in [0.25, 0.3) is 0 Å². The second kappa shape index (κ2) is 6.34. The van der Waals surface area contributed by atoms with Crippen LogP contribution in [0.3, 0.4) is 0 Å². The average molecular weight is 289 g/mol. The second-order valence-corrected chi connectivity index (χ2v) is 5.14. The highest BCUT2D eigenvalue weighted by atomic mass is 32.2. The molecule has 0 aromatic heterocycles. The van der Waals surface area contributed by atoms with Crippen LogP contribution in [0.2, 0.25) is 0 Å². The van der Waals surface area contributed by atoms with Crippen molar-refractivity contribution in [3.8, 4) is 5.75 Å². The van der Waals surface area contributed by atoms with E-state index >= 15 is 0 Å². The van der Waals surface area contributed by atoms with E-state index in [1.165, 1.54) is 18.9 Å². The van der Waals surface area contributed by atoms with Gasteiger partial charge in [-0.25, -0.2) is 4.79 Å². The summed E-state index contributed by atoms with van der Waals surface area (Å²) >= 11 is 1.47. The van der Waals surface area contributed by atoms with E-state index in [4.69, 9.17) is 15.2 Å². The smallest absolute Gasteiger partial charge is 0.337 e. The van der Waals surface area contributed by atoms with Crippen LogP contribution in [0.25, 0.3) is 0 Å². The van der Waals surface area contributed by atoms with Crippen molar-refractivity contribution in [1.82, 2.24) is 0 Å². The monoisotopic (exact) mass is 289 g/mol. The van der Waals surface area contributed by atoms with E-state index in [9.17, 15) is 4.79 Å². The SMILES string of the molecule is COC(=O)c1ccc(N)c(Sc2cccc(OC)c2)c1. The number of benzene rings is 2. The molecule has 0 amide bonds. The molecule has 104 valence electrons. The van der Waals surface area contributed by atoms with E-state index in [1.54, 1.807) is 25.3 Å². The van der Waals surface area contributed by atoms with Crippen molar-refractivity contribution >= 4 is 23.4 Å². The van der Waals surface area contributed by atoms with Crippen LogP contribution in [0.4, 0.5) is 5.69 Å². The zero-order chi connectivity index (χ0) is 14.5. The molecule has 0 atom stereocenters. The van der Waals surface area contributed by atoms with E-state index in [1.807, 2.05) is 24.3 Å². The summed E-state index contributed by atoms with van der Waals surface area (Å²) in [6.45, 7) is 0. The lowest BCUT2D eigenvalue weighted by Crippen LogP contribution is -2.02. The minimum atomic E-state index is -0.377. The molecule has 0 radical (unpaired) electrons. The minimum Gasteiger partial charge on any atom is -0.497 e. The molecular weight excluding hydrogens is 274 g/mol. The van der Waals surface area contributed by atoms with Gasteiger partial charge >= 0.3 is 5.97 Å². The van der Waals surface area contributed by atoms with E-state index in [0.29, 0.717) is 11.3 Å². The third kappa shape index (κ3) is 3.24. The molecule has 20 heavy (non-hydrogen) atoms. The zero-order valence-corrected chi connectivity index (χ0v) is 12.1. The number of methoxy groups -OCH3 is 2. The summed E-state index contributed by atoms with van der Waals surface area (Å²) in [6.07, 6.45) is 0. The molecule has 0 heterocycles. The molecule has 0 saturated carbocycles. The van der Waals surface area contributed by atoms with Crippen LogP contribution in [0.5, 0.6) is 5.75 Å². The number of nitrogens with two attached hydrogens (primary N) is 1. The molecule has 5 heteroatoms. The Kier molecular flexibility index (Phi) is 4.53. The van der Waals surface area contributed by atoms with E-state index in [2.05, 4.69) is 0 Å². The Bertz CT molecular complexity index is 628. The summed E-state index contributed by atoms with van der Waals surface area (Å²) in [6, 6.07) is 12.7. The Morgan fingerprint density at radius 2 is 1.95 bits per heavy atom. The van der Waals surface area contributed by atoms with Gasteiger partial charge in [-0.15, -0.1) is 0 Å². The first-order chi connectivity index (χ1) is 9.63. The van der Waals surface area contributed by atoms with Crippen LogP contribution in [-0.4, -0.2) is 20.2 Å². The van der Waals surface area contributed by atoms with Crippen LogP contribution in [0.1, 0.15) is 10.4 Å². The third-order valence-corrected chi connectivity index (χ3v) is 3.77. The van der Waals surface area contributed by atoms with Crippen LogP contribution in [0.15, 0.2) is 52.3 Å². The minimum absolute atomic E-state index is 0.377. The summed E-state index contributed by atoms with van der Waals surface area (Å²) in [5.74, 6) is 0.398. The number of carbonyl (C=O) groups excluding carboxylic acids is 1. The number of anilines is 1. The number of carbonyl (C=O) groups is 1. The van der Waals surface area contributed by atoms with Crippen molar-refractivity contribution in [3.05, 3.63) is 48.0 Å². The Labute approximate surface area is 121 Å². The largest absolute Gasteiger partial charge is 0.497 e. The maximum absolute atomic E-state index is 11.5. The van der Waals surface area contributed by atoms with Crippen molar-refractivity contribution in [2.45, 2.75) is 9.79 Å². The highest BCUT2D eigenvalue weighted by Gasteiger charge is 2.10. The Morgan fingerprint density at radius 3 is 2.65 bits per heavy atom. The summed E-state index contributed by atoms with van der Waals surface area (Å²) in [5, 5.41) is 0. The molecule has 0 spiro atoms. The van der Waals surface area contributed by atoms with Gasteiger partial charge in [-0.3, -0.25) is 0 Å². The van der Waals surface area contributed by atoms with Gasteiger partial charge in [0.15, 0.2) is 0 Å². The fourth-order valence-corrected chi connectivity index (χ4v) is 2.61. The van der Waals surface area contributed by atoms with Gasteiger partial charge in [0.2, 0.25) is 0 Å². The van der Waals surface area contributed by atoms with Gasteiger partial charge in [-0.2, -0.15) is 0 Å². The fraction of sp³-hybridized carbons (Fsp3) is 0.133. The van der Waals surface area contributed by atoms with Crippen molar-refractivity contribution < 1.29 is 14.3 Å². The number of hydrogen-bond donors (Lipinski definition) is 1. The first-order valence-corrected chi connectivity index (χ1v) is 6.75. The standard InChI is InChI=1S/C15H15NO3S/c1-18-11-4-3-5-12(9-11)20-14-8-10(15(17)19-2)6-7-13(14)16/h3-9H,16H2,1-2H3. The lowest BCUT2D eigenvalue weighted by atomic mass is 10.2. The molecule has 2 aromatic carbocycles. The molecule has 4 nitrogen and oxygen atoms in total. The van der Waals surface area contributed by atoms with Crippen molar-refractivity contribution in [1.29, 1.82) is 0 Å². The fourth-order valence-electron chi connectivity index (χ4n) is 1.66. The summed E-state index contributed by atoms with van der Waals surface area (Å²) in [5.41, 5.74) is 7.04. The van der Waals surface area contributed by atoms with Gasteiger partial charge in [0, 0.05) is 15.5 Å². The van der Waals surface area contributed by atoms with E-state index in [0.717, 1.165) is 15.5 Å². The van der Waals surface area contributed by atoms with Crippen LogP contribution < -0.4 is 10.5 Å². The normalized spacial score (nSPS) is 10.1. The highest BCUT2D eigenvalue weighted by molar-refractivity contribution is 7.99. The molecule has 0 aliphatic rings. The van der Waals surface area contributed by atoms with Gasteiger partial charge in [0.1, 0.15) is 5.75 Å². The third-order valence-electron chi connectivity index (χ3n) is 2.70. The number of esters is 1. The van der Waals surface area contributed by atoms with Crippen molar-refractivity contribution in [3.63, 3.8) is 0 Å². The summed E-state index contributed by atoms with van der Waals surface area (Å²) < 4.78 is 9.89. The number of hydrogen-bond acceptors (Lipinski definition) is 5. The zero-order valence-electron chi connectivity index (χ0n) is 11.3. The Hall–Kier alpha value is -2.14. The maximum Gasteiger partial charge on any atom is 0.337 e. The average Bonchev–Trinajstić information content (AvgIpc) is 2.49. The summed E-state index contributed by atoms with van der Waals surface area (Å²) in [4.78, 5) is 13.3. The van der Waals surface area contributed by atoms with E-state index < -0.39 is 0 Å². The van der Waals surface area contributed by atoms with Crippen LogP contribution >= 0.6 is 11.8 Å². The van der Waals surface area contributed by atoms with E-state index in [-0.39, 0.29) is 5.97 Å². The number of rotatable bonds is 4. The van der Waals surface area contributed by atoms with Gasteiger partial charge in [-0.05, 0) is 36.4 Å². The number of nitrogen functional groups attached to an aromatic ring is 1. The second-order valence-electron chi connectivity index (χ2n) is 4.03. The first-order valence-electron chi connectivity index (χ1n) is 5.94. The highest BCUT2D eigenvalue weighted by Crippen LogP contribution is 2.34. The summed E-state index contributed by atoms with van der Waals surface area (Å²) in [7, 11) is 2.98. The molecule has 0 bridgehead atoms. The van der Waals surface area contributed by atoms with Gasteiger partial charge in [-0.1, -0.05) is 17.8 Å². The molecular formula is C15H15NO3S. The van der Waals surface area contributed by atoms with Crippen molar-refractivity contribution in [2.24, 2.45) is 0 Å². The molecule has 2 aromatic rings. The van der Waals surface area contributed by atoms with Crippen molar-refractivity contribution in [2.75, 3.05) is 20.0 Å². The molecule has 2 N–H and O–H groups in total. The Balaban J connectivity index is 2.30.